The molecule has 0 unspecified atom stereocenters. The van der Waals surface area contributed by atoms with Crippen molar-refractivity contribution in [1.29, 1.82) is 0 Å². The van der Waals surface area contributed by atoms with Crippen LogP contribution in [0.2, 0.25) is 0 Å². The van der Waals surface area contributed by atoms with Gasteiger partial charge in [-0.25, -0.2) is 19.7 Å². The maximum Gasteiger partial charge on any atom is 0.335 e. The number of hydrogen-bond acceptors (Lipinski definition) is 5. The van der Waals surface area contributed by atoms with E-state index in [9.17, 15) is 4.79 Å². The Morgan fingerprint density at radius 1 is 0.524 bits per heavy atom. The van der Waals surface area contributed by atoms with Gasteiger partial charge in [-0.15, -0.1) is 0 Å². The molecule has 4 aromatic heterocycles. The summed E-state index contributed by atoms with van der Waals surface area (Å²) in [4.78, 5) is 42.0. The van der Waals surface area contributed by atoms with Crippen LogP contribution in [0.4, 0.5) is 0 Å². The number of aryl methyl sites for hydroxylation is 2. The molecule has 0 saturated heterocycles. The zero-order valence-corrected chi connectivity index (χ0v) is 35.1. The maximum atomic E-state index is 14.4. The van der Waals surface area contributed by atoms with Crippen LogP contribution >= 0.6 is 0 Å². The number of allylic oxidation sites excluding steroid dienone is 3. The zero-order valence-electron chi connectivity index (χ0n) is 35.1. The number of rotatable bonds is 7. The highest BCUT2D eigenvalue weighted by Crippen LogP contribution is 2.54. The van der Waals surface area contributed by atoms with Gasteiger partial charge in [-0.2, -0.15) is 0 Å². The monoisotopic (exact) mass is 818 g/mol. The summed E-state index contributed by atoms with van der Waals surface area (Å²) in [7, 11) is 0. The lowest BCUT2D eigenvalue weighted by Gasteiger charge is -2.10. The number of fused-ring (bicyclic) bond motifs is 11. The van der Waals surface area contributed by atoms with E-state index < -0.39 is 0 Å². The van der Waals surface area contributed by atoms with E-state index in [1.807, 2.05) is 57.2 Å². The molecular weight excluding hydrogens is 777 g/mol. The number of benzene rings is 4. The van der Waals surface area contributed by atoms with E-state index in [1.54, 1.807) is 0 Å². The Hall–Kier alpha value is -8.10. The third-order valence-corrected chi connectivity index (χ3v) is 12.2. The molecule has 8 nitrogen and oxygen atoms in total. The molecule has 0 atom stereocenters. The molecule has 8 aromatic rings. The molecule has 11 rings (SSSR count). The molecule has 1 aliphatic carbocycles. The molecule has 0 amide bonds. The minimum absolute atomic E-state index is 0.236. The molecule has 8 heteroatoms. The smallest absolute Gasteiger partial charge is 0.335 e. The molecule has 2 aliphatic heterocycles. The second kappa shape index (κ2) is 15.4. The van der Waals surface area contributed by atoms with Crippen LogP contribution < -0.4 is 0 Å². The largest absolute Gasteiger partial charge is 0.463 e. The van der Waals surface area contributed by atoms with Crippen molar-refractivity contribution in [1.82, 2.24) is 29.9 Å². The first-order valence-corrected chi connectivity index (χ1v) is 21.3. The first-order valence-electron chi connectivity index (χ1n) is 21.3. The van der Waals surface area contributed by atoms with E-state index in [1.165, 1.54) is 0 Å². The Bertz CT molecular complexity index is 3370. The standard InChI is InChI=1S/C55H42N6O2/c1-4-63-55(62)39-31-38(54-56-32(2)33(3)57-54)50-51(39)53-49(37-23-15-8-16-24-37)45-30-28-43(60-45)47(35-19-11-6-12-20-35)41-26-25-40(58-41)46(34-17-9-5-10-18-34)42-27-29-44(59-42)48(52(50)61-53)36-21-13-7-14-22-36/h5-30,59-60H,4,31H2,1-3H3,(H,56,57). The average molecular weight is 819 g/mol. The summed E-state index contributed by atoms with van der Waals surface area (Å²) in [6.07, 6.45) is 4.54. The quantitative estimate of drug-likeness (QED) is 0.139. The number of imidazole rings is 1. The number of nitrogens with zero attached hydrogens (tertiary/aromatic N) is 3. The number of ether oxygens (including phenoxy) is 1. The van der Waals surface area contributed by atoms with Gasteiger partial charge >= 0.3 is 5.97 Å². The van der Waals surface area contributed by atoms with Crippen molar-refractivity contribution in [2.75, 3.05) is 6.61 Å². The highest BCUT2D eigenvalue weighted by atomic mass is 16.5. The number of hydrogen-bond donors (Lipinski definition) is 3. The number of nitrogens with one attached hydrogen (secondary N) is 3. The fourth-order valence-electron chi connectivity index (χ4n) is 9.20. The Balaban J connectivity index is 1.40. The topological polar surface area (TPSA) is 112 Å². The molecule has 304 valence electrons. The van der Waals surface area contributed by atoms with Crippen molar-refractivity contribution < 1.29 is 9.53 Å². The molecule has 0 radical (unpaired) electrons. The Kier molecular flexibility index (Phi) is 9.27. The Labute approximate surface area is 364 Å². The lowest BCUT2D eigenvalue weighted by Crippen LogP contribution is -2.08. The molecule has 0 fully saturated rings. The van der Waals surface area contributed by atoms with Crippen molar-refractivity contribution >= 4 is 56.9 Å². The molecular formula is C55H42N6O2. The second-order valence-electron chi connectivity index (χ2n) is 16.0. The number of aromatic nitrogens is 6. The summed E-state index contributed by atoms with van der Waals surface area (Å²) in [5.41, 5.74) is 19.2. The molecule has 0 saturated carbocycles. The minimum Gasteiger partial charge on any atom is -0.463 e. The van der Waals surface area contributed by atoms with Gasteiger partial charge in [-0.3, -0.25) is 0 Å². The molecule has 3 N–H and O–H groups in total. The van der Waals surface area contributed by atoms with Crippen LogP contribution in [0.3, 0.4) is 0 Å². The SMILES string of the molecule is CCOC(=O)C1=C2C(=C(c3nc(C)c(C)[nH]3)C1)c1nc2c(-c2ccccc2)c2ccc([nH]2)c(-c2ccccc2)c2nc(c(-c3ccccc3)c3ccc([nH]3)c1-c1ccccc1)C=C2. The fourth-order valence-corrected chi connectivity index (χ4v) is 9.20. The van der Waals surface area contributed by atoms with E-state index in [0.717, 1.165) is 112 Å². The number of esters is 1. The summed E-state index contributed by atoms with van der Waals surface area (Å²) < 4.78 is 5.88. The van der Waals surface area contributed by atoms with Crippen molar-refractivity contribution in [3.63, 3.8) is 0 Å². The second-order valence-corrected chi connectivity index (χ2v) is 16.0. The summed E-state index contributed by atoms with van der Waals surface area (Å²) in [6, 6.07) is 50.0. The minimum atomic E-state index is -0.373. The normalized spacial score (nSPS) is 13.2. The van der Waals surface area contributed by atoms with Crippen LogP contribution in [-0.4, -0.2) is 42.5 Å². The zero-order chi connectivity index (χ0) is 42.6. The van der Waals surface area contributed by atoms with E-state index in [4.69, 9.17) is 19.7 Å². The van der Waals surface area contributed by atoms with E-state index in [2.05, 4.69) is 136 Å². The van der Waals surface area contributed by atoms with Gasteiger partial charge in [-0.1, -0.05) is 121 Å². The van der Waals surface area contributed by atoms with Gasteiger partial charge in [0, 0.05) is 73.2 Å². The van der Waals surface area contributed by atoms with Crippen molar-refractivity contribution in [3.05, 3.63) is 191 Å². The average Bonchev–Trinajstić information content (AvgIpc) is 4.19. The lowest BCUT2D eigenvalue weighted by molar-refractivity contribution is -0.138. The number of carbonyl (C=O) groups is 1. The van der Waals surface area contributed by atoms with Crippen LogP contribution in [0.1, 0.15) is 53.3 Å². The van der Waals surface area contributed by atoms with Crippen LogP contribution in [0.25, 0.3) is 95.4 Å². The predicted molar refractivity (Wildman–Crippen MR) is 255 cm³/mol. The molecule has 4 aromatic carbocycles. The van der Waals surface area contributed by atoms with Crippen LogP contribution in [0.5, 0.6) is 0 Å². The van der Waals surface area contributed by atoms with Crippen molar-refractivity contribution in [2.45, 2.75) is 27.2 Å². The number of H-pyrrole nitrogens is 3. The third kappa shape index (κ3) is 6.46. The van der Waals surface area contributed by atoms with Gasteiger partial charge in [-0.05, 0) is 79.4 Å². The van der Waals surface area contributed by atoms with E-state index in [0.29, 0.717) is 23.5 Å². The van der Waals surface area contributed by atoms with Crippen LogP contribution in [0, 0.1) is 13.8 Å². The van der Waals surface area contributed by atoms with E-state index >= 15 is 0 Å². The molecule has 6 heterocycles. The molecule has 3 aliphatic rings. The van der Waals surface area contributed by atoms with Gasteiger partial charge in [0.1, 0.15) is 5.82 Å². The van der Waals surface area contributed by atoms with Gasteiger partial charge in [0.05, 0.1) is 40.6 Å². The lowest BCUT2D eigenvalue weighted by atomic mass is 9.93. The molecule has 0 spiro atoms. The highest BCUT2D eigenvalue weighted by Gasteiger charge is 2.40. The fraction of sp³-hybridized carbons (Fsp3) is 0.0909. The number of aromatic amines is 3. The summed E-state index contributed by atoms with van der Waals surface area (Å²) in [6.45, 7) is 6.11. The van der Waals surface area contributed by atoms with Crippen LogP contribution in [0.15, 0.2) is 151 Å². The van der Waals surface area contributed by atoms with E-state index in [-0.39, 0.29) is 12.6 Å². The van der Waals surface area contributed by atoms with Crippen LogP contribution in [-0.2, 0) is 9.53 Å². The summed E-state index contributed by atoms with van der Waals surface area (Å²) >= 11 is 0. The number of carbonyl (C=O) groups excluding carboxylic acids is 1. The Morgan fingerprint density at radius 3 is 1.38 bits per heavy atom. The van der Waals surface area contributed by atoms with Crippen molar-refractivity contribution in [2.24, 2.45) is 0 Å². The van der Waals surface area contributed by atoms with Gasteiger partial charge < -0.3 is 19.7 Å². The highest BCUT2D eigenvalue weighted by molar-refractivity contribution is 6.28. The molecule has 8 bridgehead atoms. The maximum absolute atomic E-state index is 14.4. The third-order valence-electron chi connectivity index (χ3n) is 12.2. The predicted octanol–water partition coefficient (Wildman–Crippen LogP) is 12.8. The van der Waals surface area contributed by atoms with Gasteiger partial charge in [0.15, 0.2) is 0 Å². The Morgan fingerprint density at radius 2 is 0.952 bits per heavy atom. The van der Waals surface area contributed by atoms with Crippen molar-refractivity contribution in [3.8, 4) is 44.5 Å². The summed E-state index contributed by atoms with van der Waals surface area (Å²) in [5.74, 6) is 0.335. The first kappa shape index (κ1) is 37.9. The van der Waals surface area contributed by atoms with Gasteiger partial charge in [0.25, 0.3) is 0 Å². The summed E-state index contributed by atoms with van der Waals surface area (Å²) in [5, 5.41) is 0. The molecule has 63 heavy (non-hydrogen) atoms. The first-order chi connectivity index (χ1) is 30.9. The van der Waals surface area contributed by atoms with Gasteiger partial charge in [0.2, 0.25) is 0 Å².